The number of aromatic nitrogens is 2. The summed E-state index contributed by atoms with van der Waals surface area (Å²) in [7, 11) is 0. The zero-order valence-electron chi connectivity index (χ0n) is 14.4. The highest BCUT2D eigenvalue weighted by molar-refractivity contribution is 5.76. The highest BCUT2D eigenvalue weighted by Gasteiger charge is 2.20. The van der Waals surface area contributed by atoms with Crippen LogP contribution in [0.15, 0.2) is 28.8 Å². The van der Waals surface area contributed by atoms with Crippen LogP contribution in [0.3, 0.4) is 0 Å². The molecule has 1 N–H and O–H groups in total. The standard InChI is InChI=1S/C18H23N3O4/c1-13-5-2-3-6-15(13)18-19-16(25-20-18)7-4-8-17(23)21-9-10-24-12-14(22)11-21/h2-3,5-6,14,22H,4,7-12H2,1H3. The normalized spacial score (nSPS) is 18.2. The van der Waals surface area contributed by atoms with Crippen molar-refractivity contribution < 1.29 is 19.2 Å². The molecule has 2 aromatic rings. The molecule has 0 bridgehead atoms. The molecule has 25 heavy (non-hydrogen) atoms. The van der Waals surface area contributed by atoms with Gasteiger partial charge in [0.2, 0.25) is 17.6 Å². The lowest BCUT2D eigenvalue weighted by Gasteiger charge is -2.21. The molecule has 0 aliphatic carbocycles. The van der Waals surface area contributed by atoms with Gasteiger partial charge in [0, 0.05) is 31.5 Å². The van der Waals surface area contributed by atoms with Crippen molar-refractivity contribution in [3.8, 4) is 11.4 Å². The van der Waals surface area contributed by atoms with Gasteiger partial charge in [-0.1, -0.05) is 29.4 Å². The summed E-state index contributed by atoms with van der Waals surface area (Å²) >= 11 is 0. The van der Waals surface area contributed by atoms with E-state index in [4.69, 9.17) is 9.26 Å². The number of hydrogen-bond acceptors (Lipinski definition) is 6. The van der Waals surface area contributed by atoms with Crippen LogP contribution in [0.4, 0.5) is 0 Å². The lowest BCUT2D eigenvalue weighted by Crippen LogP contribution is -2.37. The first-order valence-electron chi connectivity index (χ1n) is 8.55. The van der Waals surface area contributed by atoms with Crippen molar-refractivity contribution in [3.05, 3.63) is 35.7 Å². The van der Waals surface area contributed by atoms with Crippen molar-refractivity contribution in [1.29, 1.82) is 0 Å². The first-order chi connectivity index (χ1) is 12.1. The van der Waals surface area contributed by atoms with Crippen molar-refractivity contribution in [2.75, 3.05) is 26.3 Å². The first kappa shape index (κ1) is 17.6. The van der Waals surface area contributed by atoms with Gasteiger partial charge in [-0.25, -0.2) is 0 Å². The number of ether oxygens (including phenoxy) is 1. The topological polar surface area (TPSA) is 88.7 Å². The number of benzene rings is 1. The van der Waals surface area contributed by atoms with E-state index < -0.39 is 6.10 Å². The summed E-state index contributed by atoms with van der Waals surface area (Å²) in [4.78, 5) is 18.3. The fourth-order valence-corrected chi connectivity index (χ4v) is 2.86. The smallest absolute Gasteiger partial charge is 0.226 e. The van der Waals surface area contributed by atoms with E-state index in [1.807, 2.05) is 31.2 Å². The maximum Gasteiger partial charge on any atom is 0.226 e. The Bertz CT molecular complexity index is 716. The van der Waals surface area contributed by atoms with Crippen molar-refractivity contribution in [3.63, 3.8) is 0 Å². The van der Waals surface area contributed by atoms with Gasteiger partial charge in [-0.2, -0.15) is 4.98 Å². The van der Waals surface area contributed by atoms with Gasteiger partial charge in [-0.05, 0) is 18.9 Å². The number of hydrogen-bond donors (Lipinski definition) is 1. The third-order valence-corrected chi connectivity index (χ3v) is 4.23. The Morgan fingerprint density at radius 3 is 3.08 bits per heavy atom. The molecular formula is C18H23N3O4. The van der Waals surface area contributed by atoms with Gasteiger partial charge in [0.15, 0.2) is 0 Å². The molecule has 1 amide bonds. The molecule has 134 valence electrons. The Morgan fingerprint density at radius 2 is 2.24 bits per heavy atom. The number of amides is 1. The van der Waals surface area contributed by atoms with Crippen LogP contribution in [0.25, 0.3) is 11.4 Å². The van der Waals surface area contributed by atoms with Crippen molar-refractivity contribution in [2.24, 2.45) is 0 Å². The third kappa shape index (κ3) is 4.64. The number of carbonyl (C=O) groups is 1. The molecule has 1 aromatic heterocycles. The molecule has 1 fully saturated rings. The zero-order chi connectivity index (χ0) is 17.6. The summed E-state index contributed by atoms with van der Waals surface area (Å²) in [5.41, 5.74) is 2.04. The number of aliphatic hydroxyl groups excluding tert-OH is 1. The molecule has 1 saturated heterocycles. The fourth-order valence-electron chi connectivity index (χ4n) is 2.86. The van der Waals surface area contributed by atoms with Gasteiger partial charge in [-0.3, -0.25) is 4.79 Å². The quantitative estimate of drug-likeness (QED) is 0.885. The van der Waals surface area contributed by atoms with Gasteiger partial charge >= 0.3 is 0 Å². The van der Waals surface area contributed by atoms with E-state index in [1.165, 1.54) is 0 Å². The van der Waals surface area contributed by atoms with Crippen LogP contribution < -0.4 is 0 Å². The lowest BCUT2D eigenvalue weighted by atomic mass is 10.1. The highest BCUT2D eigenvalue weighted by Crippen LogP contribution is 2.20. The van der Waals surface area contributed by atoms with Crippen molar-refractivity contribution in [2.45, 2.75) is 32.3 Å². The fraction of sp³-hybridized carbons (Fsp3) is 0.500. The van der Waals surface area contributed by atoms with Crippen molar-refractivity contribution in [1.82, 2.24) is 15.0 Å². The molecule has 1 aliphatic rings. The second-order valence-electron chi connectivity index (χ2n) is 6.25. The van der Waals surface area contributed by atoms with Gasteiger partial charge in [0.25, 0.3) is 0 Å². The number of carbonyl (C=O) groups excluding carboxylic acids is 1. The molecule has 7 heteroatoms. The molecule has 1 aromatic carbocycles. The maximum atomic E-state index is 12.3. The average molecular weight is 345 g/mol. The van der Waals surface area contributed by atoms with Gasteiger partial charge in [0.1, 0.15) is 0 Å². The highest BCUT2D eigenvalue weighted by atomic mass is 16.5. The molecule has 2 heterocycles. The summed E-state index contributed by atoms with van der Waals surface area (Å²) in [6.45, 7) is 3.60. The molecule has 0 spiro atoms. The average Bonchev–Trinajstić information content (AvgIpc) is 2.95. The van der Waals surface area contributed by atoms with E-state index in [9.17, 15) is 9.90 Å². The molecule has 0 saturated carbocycles. The van der Waals surface area contributed by atoms with E-state index in [0.717, 1.165) is 11.1 Å². The summed E-state index contributed by atoms with van der Waals surface area (Å²) in [6, 6.07) is 7.87. The van der Waals surface area contributed by atoms with E-state index in [0.29, 0.717) is 50.7 Å². The SMILES string of the molecule is Cc1ccccc1-c1noc(CCCC(=O)N2CCOCC(O)C2)n1. The Hall–Kier alpha value is -2.25. The Balaban J connectivity index is 1.51. The monoisotopic (exact) mass is 345 g/mol. The number of rotatable bonds is 5. The number of β-amino-alcohol motifs (C(OH)–C–C–N with tert-alkyl or cyclic N) is 1. The second-order valence-corrected chi connectivity index (χ2v) is 6.25. The van der Waals surface area contributed by atoms with Crippen molar-refractivity contribution >= 4 is 5.91 Å². The van der Waals surface area contributed by atoms with Crippen LogP contribution in [-0.2, 0) is 16.0 Å². The summed E-state index contributed by atoms with van der Waals surface area (Å²) in [5.74, 6) is 1.13. The lowest BCUT2D eigenvalue weighted by molar-refractivity contribution is -0.132. The van der Waals surface area contributed by atoms with Crippen LogP contribution in [-0.4, -0.2) is 58.5 Å². The number of aliphatic hydroxyl groups is 1. The Morgan fingerprint density at radius 1 is 1.40 bits per heavy atom. The molecular weight excluding hydrogens is 322 g/mol. The van der Waals surface area contributed by atoms with Gasteiger partial charge in [0.05, 0.1) is 19.3 Å². The van der Waals surface area contributed by atoms with Crippen LogP contribution in [0.1, 0.15) is 24.3 Å². The van der Waals surface area contributed by atoms with Crippen LogP contribution in [0, 0.1) is 6.92 Å². The molecule has 1 atom stereocenters. The second kappa shape index (κ2) is 8.22. The minimum absolute atomic E-state index is 0.0168. The van der Waals surface area contributed by atoms with Gasteiger partial charge < -0.3 is 19.3 Å². The van der Waals surface area contributed by atoms with Crippen LogP contribution in [0.2, 0.25) is 0 Å². The summed E-state index contributed by atoms with van der Waals surface area (Å²) in [6.07, 6.45) is 0.952. The molecule has 7 nitrogen and oxygen atoms in total. The summed E-state index contributed by atoms with van der Waals surface area (Å²) in [5, 5.41) is 13.7. The van der Waals surface area contributed by atoms with E-state index in [1.54, 1.807) is 4.90 Å². The summed E-state index contributed by atoms with van der Waals surface area (Å²) < 4.78 is 10.5. The molecule has 3 rings (SSSR count). The predicted molar refractivity (Wildman–Crippen MR) is 90.8 cm³/mol. The Kier molecular flexibility index (Phi) is 5.78. The third-order valence-electron chi connectivity index (χ3n) is 4.23. The first-order valence-corrected chi connectivity index (χ1v) is 8.55. The van der Waals surface area contributed by atoms with E-state index in [2.05, 4.69) is 10.1 Å². The minimum atomic E-state index is -0.612. The number of aryl methyl sites for hydroxylation is 2. The molecule has 0 radical (unpaired) electrons. The van der Waals surface area contributed by atoms with E-state index in [-0.39, 0.29) is 12.5 Å². The molecule has 1 unspecified atom stereocenters. The minimum Gasteiger partial charge on any atom is -0.389 e. The predicted octanol–water partition coefficient (Wildman–Crippen LogP) is 1.59. The Labute approximate surface area is 146 Å². The maximum absolute atomic E-state index is 12.3. The molecule has 1 aliphatic heterocycles. The van der Waals surface area contributed by atoms with Gasteiger partial charge in [-0.15, -0.1) is 0 Å². The zero-order valence-corrected chi connectivity index (χ0v) is 14.4. The van der Waals surface area contributed by atoms with E-state index >= 15 is 0 Å². The largest absolute Gasteiger partial charge is 0.389 e. The number of nitrogens with zero attached hydrogens (tertiary/aromatic N) is 3. The van der Waals surface area contributed by atoms with Crippen LogP contribution in [0.5, 0.6) is 0 Å². The van der Waals surface area contributed by atoms with Crippen LogP contribution >= 0.6 is 0 Å².